The molecular formula is C16H18N2O. The molecule has 0 fully saturated rings. The molecule has 0 atom stereocenters. The highest BCUT2D eigenvalue weighted by molar-refractivity contribution is 6.00. The van der Waals surface area contributed by atoms with E-state index in [-0.39, 0.29) is 11.3 Å². The van der Waals surface area contributed by atoms with Crippen LogP contribution in [0.3, 0.4) is 0 Å². The lowest BCUT2D eigenvalue weighted by Gasteiger charge is -2.22. The van der Waals surface area contributed by atoms with Crippen molar-refractivity contribution in [3.8, 4) is 0 Å². The van der Waals surface area contributed by atoms with E-state index >= 15 is 0 Å². The van der Waals surface area contributed by atoms with Crippen molar-refractivity contribution in [3.63, 3.8) is 0 Å². The van der Waals surface area contributed by atoms with E-state index in [1.54, 1.807) is 12.4 Å². The first-order chi connectivity index (χ1) is 8.98. The molecule has 0 radical (unpaired) electrons. The van der Waals surface area contributed by atoms with Crippen LogP contribution in [0.15, 0.2) is 54.6 Å². The summed E-state index contributed by atoms with van der Waals surface area (Å²) in [7, 11) is 0. The Morgan fingerprint density at radius 2 is 1.89 bits per heavy atom. The van der Waals surface area contributed by atoms with Gasteiger partial charge in [0.1, 0.15) is 6.33 Å². The number of benzene rings is 1. The van der Waals surface area contributed by atoms with Crippen LogP contribution in [0.2, 0.25) is 0 Å². The maximum Gasteiger partial charge on any atom is 0.259 e. The third-order valence-electron chi connectivity index (χ3n) is 2.89. The number of nitrogens with zero attached hydrogens (tertiary/aromatic N) is 2. The number of carbonyl (C=O) groups is 1. The minimum Gasteiger partial charge on any atom is -0.273 e. The van der Waals surface area contributed by atoms with E-state index in [0.29, 0.717) is 0 Å². The fraction of sp³-hybridized carbons (Fsp3) is 0.250. The quantitative estimate of drug-likeness (QED) is 0.767. The predicted molar refractivity (Wildman–Crippen MR) is 76.7 cm³/mol. The summed E-state index contributed by atoms with van der Waals surface area (Å²) in [5, 5.41) is 0. The molecule has 2 rings (SSSR count). The Morgan fingerprint density at radius 1 is 1.21 bits per heavy atom. The molecular weight excluding hydrogens is 236 g/mol. The van der Waals surface area contributed by atoms with Crippen LogP contribution in [-0.2, 0) is 0 Å². The zero-order valence-corrected chi connectivity index (χ0v) is 11.5. The van der Waals surface area contributed by atoms with Gasteiger partial charge < -0.3 is 0 Å². The van der Waals surface area contributed by atoms with Crippen molar-refractivity contribution < 1.29 is 4.79 Å². The predicted octanol–water partition coefficient (Wildman–Crippen LogP) is 3.65. The molecule has 0 aliphatic carbocycles. The van der Waals surface area contributed by atoms with Crippen molar-refractivity contribution in [2.24, 2.45) is 5.41 Å². The van der Waals surface area contributed by atoms with E-state index in [1.807, 2.05) is 57.2 Å². The Hall–Kier alpha value is -2.16. The lowest BCUT2D eigenvalue weighted by Crippen LogP contribution is -2.22. The summed E-state index contributed by atoms with van der Waals surface area (Å²) in [6, 6.07) is 9.88. The van der Waals surface area contributed by atoms with Crippen LogP contribution in [0.5, 0.6) is 0 Å². The highest BCUT2D eigenvalue weighted by Gasteiger charge is 2.24. The molecule has 0 aliphatic rings. The molecule has 1 aromatic heterocycles. The van der Waals surface area contributed by atoms with Crippen LogP contribution in [-0.4, -0.2) is 15.5 Å². The average Bonchev–Trinajstić information content (AvgIpc) is 2.89. The second-order valence-electron chi connectivity index (χ2n) is 5.49. The van der Waals surface area contributed by atoms with Gasteiger partial charge in [-0.3, -0.25) is 9.36 Å². The van der Waals surface area contributed by atoms with Crippen LogP contribution >= 0.6 is 0 Å². The van der Waals surface area contributed by atoms with Gasteiger partial charge in [-0.05, 0) is 17.1 Å². The van der Waals surface area contributed by atoms with Gasteiger partial charge in [0.05, 0.1) is 0 Å². The molecule has 2 aromatic rings. The largest absolute Gasteiger partial charge is 0.273 e. The van der Waals surface area contributed by atoms with Crippen molar-refractivity contribution in [1.29, 1.82) is 0 Å². The molecule has 0 saturated carbocycles. The van der Waals surface area contributed by atoms with Crippen molar-refractivity contribution in [2.75, 3.05) is 0 Å². The lowest BCUT2D eigenvalue weighted by molar-refractivity contribution is 0.0935. The molecule has 0 saturated heterocycles. The minimum atomic E-state index is -0.225. The maximum absolute atomic E-state index is 12.5. The van der Waals surface area contributed by atoms with E-state index in [4.69, 9.17) is 0 Å². The molecule has 3 heteroatoms. The molecule has 0 N–H and O–H groups in total. The number of allylic oxidation sites excluding steroid dienone is 1. The van der Waals surface area contributed by atoms with Gasteiger partial charge in [-0.15, -0.1) is 0 Å². The number of imidazole rings is 1. The van der Waals surface area contributed by atoms with Gasteiger partial charge in [-0.25, -0.2) is 4.98 Å². The van der Waals surface area contributed by atoms with Gasteiger partial charge >= 0.3 is 0 Å². The minimum absolute atomic E-state index is 0.0335. The summed E-state index contributed by atoms with van der Waals surface area (Å²) < 4.78 is 1.51. The van der Waals surface area contributed by atoms with E-state index in [2.05, 4.69) is 4.98 Å². The SMILES string of the molecule is CC(C)(C)/C(=C/c1ccccc1)C(=O)n1ccnc1. The van der Waals surface area contributed by atoms with E-state index < -0.39 is 0 Å². The van der Waals surface area contributed by atoms with Gasteiger partial charge in [-0.2, -0.15) is 0 Å². The lowest BCUT2D eigenvalue weighted by atomic mass is 9.84. The van der Waals surface area contributed by atoms with Crippen LogP contribution in [0.1, 0.15) is 31.1 Å². The zero-order valence-electron chi connectivity index (χ0n) is 11.5. The highest BCUT2D eigenvalue weighted by Crippen LogP contribution is 2.28. The first kappa shape index (κ1) is 13.3. The maximum atomic E-state index is 12.5. The Kier molecular flexibility index (Phi) is 3.65. The smallest absolute Gasteiger partial charge is 0.259 e. The molecule has 0 aliphatic heterocycles. The average molecular weight is 254 g/mol. The summed E-state index contributed by atoms with van der Waals surface area (Å²) in [6.07, 6.45) is 6.77. The van der Waals surface area contributed by atoms with Crippen molar-refractivity contribution >= 4 is 12.0 Å². The van der Waals surface area contributed by atoms with E-state index in [0.717, 1.165) is 11.1 Å². The third-order valence-corrected chi connectivity index (χ3v) is 2.89. The molecule has 0 spiro atoms. The number of hydrogen-bond donors (Lipinski definition) is 0. The summed E-state index contributed by atoms with van der Waals surface area (Å²) in [5.74, 6) is -0.0335. The summed E-state index contributed by atoms with van der Waals surface area (Å²) in [6.45, 7) is 6.11. The monoisotopic (exact) mass is 254 g/mol. The summed E-state index contributed by atoms with van der Waals surface area (Å²) in [5.41, 5.74) is 1.56. The Balaban J connectivity index is 2.43. The molecule has 98 valence electrons. The number of aromatic nitrogens is 2. The van der Waals surface area contributed by atoms with Crippen LogP contribution in [0, 0.1) is 5.41 Å². The molecule has 3 nitrogen and oxygen atoms in total. The molecule has 0 unspecified atom stereocenters. The van der Waals surface area contributed by atoms with Crippen molar-refractivity contribution in [2.45, 2.75) is 20.8 Å². The fourth-order valence-electron chi connectivity index (χ4n) is 1.83. The Morgan fingerprint density at radius 3 is 2.42 bits per heavy atom. The fourth-order valence-corrected chi connectivity index (χ4v) is 1.83. The standard InChI is InChI=1S/C16H18N2O/c1-16(2,3)14(11-13-7-5-4-6-8-13)15(19)18-10-9-17-12-18/h4-12H,1-3H3/b14-11+. The van der Waals surface area contributed by atoms with E-state index in [9.17, 15) is 4.79 Å². The topological polar surface area (TPSA) is 34.9 Å². The summed E-state index contributed by atoms with van der Waals surface area (Å²) in [4.78, 5) is 16.4. The second-order valence-corrected chi connectivity index (χ2v) is 5.49. The first-order valence-electron chi connectivity index (χ1n) is 6.28. The van der Waals surface area contributed by atoms with Crippen LogP contribution in [0.25, 0.3) is 6.08 Å². The van der Waals surface area contributed by atoms with Gasteiger partial charge in [0.25, 0.3) is 5.91 Å². The Labute approximate surface area is 113 Å². The molecule has 1 aromatic carbocycles. The number of carbonyl (C=O) groups excluding carboxylic acids is 1. The van der Waals surface area contributed by atoms with Crippen LogP contribution in [0.4, 0.5) is 0 Å². The van der Waals surface area contributed by atoms with Crippen molar-refractivity contribution in [3.05, 3.63) is 60.2 Å². The summed E-state index contributed by atoms with van der Waals surface area (Å²) >= 11 is 0. The molecule has 1 heterocycles. The van der Waals surface area contributed by atoms with Gasteiger partial charge in [0.15, 0.2) is 0 Å². The number of hydrogen-bond acceptors (Lipinski definition) is 2. The van der Waals surface area contributed by atoms with Gasteiger partial charge in [0, 0.05) is 18.0 Å². The number of rotatable bonds is 2. The second kappa shape index (κ2) is 5.22. The van der Waals surface area contributed by atoms with Crippen molar-refractivity contribution in [1.82, 2.24) is 9.55 Å². The third kappa shape index (κ3) is 3.19. The molecule has 0 amide bonds. The van der Waals surface area contributed by atoms with Gasteiger partial charge in [0.2, 0.25) is 0 Å². The van der Waals surface area contributed by atoms with Crippen LogP contribution < -0.4 is 0 Å². The normalized spacial score (nSPS) is 12.5. The first-order valence-corrected chi connectivity index (χ1v) is 6.28. The highest BCUT2D eigenvalue weighted by atomic mass is 16.2. The van der Waals surface area contributed by atoms with E-state index in [1.165, 1.54) is 10.9 Å². The zero-order chi connectivity index (χ0) is 13.9. The Bertz CT molecular complexity index is 575. The van der Waals surface area contributed by atoms with Gasteiger partial charge in [-0.1, -0.05) is 51.1 Å². The molecule has 0 bridgehead atoms. The molecule has 19 heavy (non-hydrogen) atoms.